The second-order valence-corrected chi connectivity index (χ2v) is 7.45. The molecule has 0 aromatic carbocycles. The first-order valence-corrected chi connectivity index (χ1v) is 5.89. The summed E-state index contributed by atoms with van der Waals surface area (Å²) in [6.07, 6.45) is 2.16. The zero-order valence-corrected chi connectivity index (χ0v) is 10.9. The van der Waals surface area contributed by atoms with Gasteiger partial charge in [0.05, 0.1) is 5.03 Å². The molecule has 0 bridgehead atoms. The van der Waals surface area contributed by atoms with Crippen LogP contribution in [0.15, 0.2) is 23.4 Å². The Hall–Kier alpha value is -0.370. The van der Waals surface area contributed by atoms with Crippen molar-refractivity contribution >= 4 is 11.8 Å². The maximum absolute atomic E-state index is 2.34. The van der Waals surface area contributed by atoms with Crippen LogP contribution in [0.25, 0.3) is 0 Å². The van der Waals surface area contributed by atoms with Crippen molar-refractivity contribution in [2.24, 2.45) is 0 Å². The fraction of sp³-hybridized carbons (Fsp3) is 0.667. The van der Waals surface area contributed by atoms with Crippen LogP contribution in [0.5, 0.6) is 0 Å². The first kappa shape index (κ1) is 11.7. The van der Waals surface area contributed by atoms with E-state index in [2.05, 4.69) is 64.4 Å². The maximum Gasteiger partial charge on any atom is 0.0758 e. The molecule has 0 aliphatic heterocycles. The average Bonchev–Trinajstić information content (AvgIpc) is 2.29. The molecule has 0 saturated heterocycles. The summed E-state index contributed by atoms with van der Waals surface area (Å²) in [6, 6.07) is 4.32. The molecule has 1 aromatic rings. The van der Waals surface area contributed by atoms with Crippen LogP contribution in [0.1, 0.15) is 41.5 Å². The number of hydrogen-bond acceptors (Lipinski definition) is 1. The van der Waals surface area contributed by atoms with E-state index in [1.54, 1.807) is 0 Å². The van der Waals surface area contributed by atoms with Gasteiger partial charge >= 0.3 is 0 Å². The summed E-state index contributed by atoms with van der Waals surface area (Å²) in [5, 5.41) is 1.35. The predicted molar refractivity (Wildman–Crippen MR) is 65.0 cm³/mol. The Labute approximate surface area is 91.9 Å². The van der Waals surface area contributed by atoms with Crippen molar-refractivity contribution in [3.63, 3.8) is 0 Å². The third-order valence-corrected chi connectivity index (χ3v) is 3.00. The highest BCUT2D eigenvalue weighted by Gasteiger charge is 2.20. The van der Waals surface area contributed by atoms with Crippen molar-refractivity contribution in [2.75, 3.05) is 0 Å². The van der Waals surface area contributed by atoms with Crippen LogP contribution >= 0.6 is 11.8 Å². The minimum absolute atomic E-state index is 0.178. The van der Waals surface area contributed by atoms with Gasteiger partial charge in [-0.2, -0.15) is 0 Å². The molecule has 80 valence electrons. The van der Waals surface area contributed by atoms with Gasteiger partial charge in [-0.25, -0.2) is 0 Å². The Kier molecular flexibility index (Phi) is 3.05. The Balaban J connectivity index is 2.95. The Morgan fingerprint density at radius 2 is 1.64 bits per heavy atom. The van der Waals surface area contributed by atoms with E-state index in [-0.39, 0.29) is 10.3 Å². The summed E-state index contributed by atoms with van der Waals surface area (Å²) < 4.78 is 2.62. The van der Waals surface area contributed by atoms with Crippen molar-refractivity contribution in [2.45, 2.75) is 56.9 Å². The SMILES string of the molecule is CC(C)(C)Sc1cccn1C(C)(C)C. The van der Waals surface area contributed by atoms with Gasteiger partial charge in [0.2, 0.25) is 0 Å². The van der Waals surface area contributed by atoms with Crippen LogP contribution in [-0.4, -0.2) is 9.31 Å². The van der Waals surface area contributed by atoms with Crippen LogP contribution in [0.3, 0.4) is 0 Å². The van der Waals surface area contributed by atoms with Gasteiger partial charge in [-0.05, 0) is 32.9 Å². The normalized spacial score (nSPS) is 13.3. The molecule has 0 aliphatic rings. The third-order valence-electron chi connectivity index (χ3n) is 1.84. The lowest BCUT2D eigenvalue weighted by molar-refractivity contribution is 0.372. The second-order valence-electron chi connectivity index (χ2n) is 5.60. The Bertz CT molecular complexity index is 299. The molecule has 0 radical (unpaired) electrons. The van der Waals surface area contributed by atoms with Gasteiger partial charge in [0.15, 0.2) is 0 Å². The van der Waals surface area contributed by atoms with E-state index in [1.165, 1.54) is 5.03 Å². The highest BCUT2D eigenvalue weighted by molar-refractivity contribution is 8.00. The monoisotopic (exact) mass is 211 g/mol. The number of thioether (sulfide) groups is 1. The predicted octanol–water partition coefficient (Wildman–Crippen LogP) is 4.13. The van der Waals surface area contributed by atoms with Gasteiger partial charge in [0.25, 0.3) is 0 Å². The number of rotatable bonds is 1. The van der Waals surface area contributed by atoms with Crippen LogP contribution in [0, 0.1) is 0 Å². The van der Waals surface area contributed by atoms with Crippen molar-refractivity contribution < 1.29 is 0 Å². The van der Waals surface area contributed by atoms with Crippen LogP contribution in [-0.2, 0) is 5.54 Å². The molecule has 1 nitrogen and oxygen atoms in total. The molecule has 0 saturated carbocycles. The summed E-state index contributed by atoms with van der Waals surface area (Å²) in [6.45, 7) is 13.5. The summed E-state index contributed by atoms with van der Waals surface area (Å²) in [4.78, 5) is 0. The summed E-state index contributed by atoms with van der Waals surface area (Å²) in [7, 11) is 0. The van der Waals surface area contributed by atoms with E-state index in [0.717, 1.165) is 0 Å². The van der Waals surface area contributed by atoms with E-state index in [4.69, 9.17) is 0 Å². The largest absolute Gasteiger partial charge is 0.338 e. The second kappa shape index (κ2) is 3.65. The molecule has 1 rings (SSSR count). The van der Waals surface area contributed by atoms with Gasteiger partial charge in [0, 0.05) is 16.5 Å². The summed E-state index contributed by atoms with van der Waals surface area (Å²) >= 11 is 1.92. The van der Waals surface area contributed by atoms with Gasteiger partial charge in [-0.3, -0.25) is 0 Å². The van der Waals surface area contributed by atoms with Gasteiger partial charge in [-0.1, -0.05) is 20.8 Å². The van der Waals surface area contributed by atoms with Gasteiger partial charge in [0.1, 0.15) is 0 Å². The van der Waals surface area contributed by atoms with Crippen LogP contribution < -0.4 is 0 Å². The van der Waals surface area contributed by atoms with Crippen molar-refractivity contribution in [3.8, 4) is 0 Å². The zero-order valence-electron chi connectivity index (χ0n) is 10.1. The molecule has 0 atom stereocenters. The number of nitrogens with zero attached hydrogens (tertiary/aromatic N) is 1. The molecule has 0 unspecified atom stereocenters. The lowest BCUT2D eigenvalue weighted by Gasteiger charge is -2.27. The smallest absolute Gasteiger partial charge is 0.0758 e. The molecule has 0 fully saturated rings. The number of hydrogen-bond donors (Lipinski definition) is 0. The minimum atomic E-state index is 0.178. The molecule has 14 heavy (non-hydrogen) atoms. The maximum atomic E-state index is 2.34. The molecule has 2 heteroatoms. The topological polar surface area (TPSA) is 4.93 Å². The third kappa shape index (κ3) is 3.09. The highest BCUT2D eigenvalue weighted by Crippen LogP contribution is 2.34. The van der Waals surface area contributed by atoms with E-state index in [1.807, 2.05) is 11.8 Å². The highest BCUT2D eigenvalue weighted by atomic mass is 32.2. The standard InChI is InChI=1S/C12H21NS/c1-11(2,3)13-9-7-8-10(13)14-12(4,5)6/h7-9H,1-6H3. The fourth-order valence-corrected chi connectivity index (χ4v) is 2.52. The van der Waals surface area contributed by atoms with E-state index < -0.39 is 0 Å². The van der Waals surface area contributed by atoms with E-state index >= 15 is 0 Å². The first-order valence-electron chi connectivity index (χ1n) is 5.07. The summed E-state index contributed by atoms with van der Waals surface area (Å²) in [5.74, 6) is 0. The first-order chi connectivity index (χ1) is 6.20. The molecular formula is C12H21NS. The molecule has 1 aromatic heterocycles. The van der Waals surface area contributed by atoms with Crippen molar-refractivity contribution in [1.29, 1.82) is 0 Å². The minimum Gasteiger partial charge on any atom is -0.338 e. The Morgan fingerprint density at radius 1 is 1.07 bits per heavy atom. The number of aromatic nitrogens is 1. The molecule has 0 spiro atoms. The lowest BCUT2D eigenvalue weighted by atomic mass is 10.1. The fourth-order valence-electron chi connectivity index (χ4n) is 1.32. The summed E-state index contributed by atoms with van der Waals surface area (Å²) in [5.41, 5.74) is 0.178. The van der Waals surface area contributed by atoms with Crippen molar-refractivity contribution in [1.82, 2.24) is 4.57 Å². The Morgan fingerprint density at radius 3 is 2.07 bits per heavy atom. The van der Waals surface area contributed by atoms with Crippen LogP contribution in [0.2, 0.25) is 0 Å². The van der Waals surface area contributed by atoms with E-state index in [9.17, 15) is 0 Å². The molecule has 0 N–H and O–H groups in total. The molecular weight excluding hydrogens is 190 g/mol. The zero-order chi connectivity index (χ0) is 11.0. The lowest BCUT2D eigenvalue weighted by Crippen LogP contribution is -2.22. The quantitative estimate of drug-likeness (QED) is 0.632. The van der Waals surface area contributed by atoms with Crippen molar-refractivity contribution in [3.05, 3.63) is 18.3 Å². The van der Waals surface area contributed by atoms with Crippen LogP contribution in [0.4, 0.5) is 0 Å². The average molecular weight is 211 g/mol. The van der Waals surface area contributed by atoms with Gasteiger partial charge in [-0.15, -0.1) is 11.8 Å². The molecule has 0 amide bonds. The van der Waals surface area contributed by atoms with Gasteiger partial charge < -0.3 is 4.57 Å². The molecule has 0 aliphatic carbocycles. The van der Waals surface area contributed by atoms with E-state index in [0.29, 0.717) is 0 Å². The molecule has 1 heterocycles.